The molecule has 2 aliphatic rings. The fourth-order valence-electron chi connectivity index (χ4n) is 3.36. The number of benzene rings is 1. The number of hydrogen-bond acceptors (Lipinski definition) is 3. The van der Waals surface area contributed by atoms with Crippen LogP contribution in [0.2, 0.25) is 0 Å². The molecule has 1 fully saturated rings. The van der Waals surface area contributed by atoms with Gasteiger partial charge in [0.15, 0.2) is 0 Å². The van der Waals surface area contributed by atoms with Crippen molar-refractivity contribution in [2.24, 2.45) is 5.73 Å². The fraction of sp³-hybridized carbons (Fsp3) is 0.562. The van der Waals surface area contributed by atoms with Crippen molar-refractivity contribution in [3.8, 4) is 0 Å². The van der Waals surface area contributed by atoms with Crippen LogP contribution in [-0.2, 0) is 17.7 Å². The largest absolute Gasteiger partial charge is 0.374 e. The minimum atomic E-state index is -0.316. The summed E-state index contributed by atoms with van der Waals surface area (Å²) in [6.07, 6.45) is 3.99. The van der Waals surface area contributed by atoms with Gasteiger partial charge in [-0.15, -0.1) is 0 Å². The van der Waals surface area contributed by atoms with Crippen LogP contribution in [0.15, 0.2) is 18.2 Å². The second-order valence-corrected chi connectivity index (χ2v) is 5.94. The maximum absolute atomic E-state index is 11.5. The van der Waals surface area contributed by atoms with Crippen molar-refractivity contribution in [2.45, 2.75) is 44.9 Å². The number of amides is 1. The number of primary amides is 1. The molecule has 0 aliphatic carbocycles. The van der Waals surface area contributed by atoms with Gasteiger partial charge >= 0.3 is 0 Å². The second-order valence-electron chi connectivity index (χ2n) is 5.94. The molecule has 2 unspecified atom stereocenters. The number of nitrogens with two attached hydrogens (primary N) is 1. The molecule has 0 aromatic heterocycles. The van der Waals surface area contributed by atoms with Crippen molar-refractivity contribution in [3.05, 3.63) is 34.9 Å². The maximum Gasteiger partial charge on any atom is 0.248 e. The van der Waals surface area contributed by atoms with Crippen LogP contribution in [0, 0.1) is 0 Å². The zero-order valence-electron chi connectivity index (χ0n) is 12.0. The smallest absolute Gasteiger partial charge is 0.248 e. The van der Waals surface area contributed by atoms with Crippen LogP contribution in [0.25, 0.3) is 0 Å². The van der Waals surface area contributed by atoms with Crippen molar-refractivity contribution in [2.75, 3.05) is 13.1 Å². The summed E-state index contributed by atoms with van der Waals surface area (Å²) >= 11 is 0. The maximum atomic E-state index is 11.5. The monoisotopic (exact) mass is 274 g/mol. The van der Waals surface area contributed by atoms with E-state index in [0.29, 0.717) is 17.8 Å². The number of ether oxygens (including phenoxy) is 1. The number of rotatable bonds is 3. The fourth-order valence-corrected chi connectivity index (χ4v) is 3.36. The second kappa shape index (κ2) is 5.54. The molecule has 1 amide bonds. The Balaban J connectivity index is 1.69. The third-order valence-corrected chi connectivity index (χ3v) is 4.39. The van der Waals surface area contributed by atoms with Gasteiger partial charge in [0.05, 0.1) is 12.2 Å². The highest BCUT2D eigenvalue weighted by atomic mass is 16.5. The molecule has 2 atom stereocenters. The van der Waals surface area contributed by atoms with E-state index >= 15 is 0 Å². The molecule has 108 valence electrons. The molecule has 0 radical (unpaired) electrons. The van der Waals surface area contributed by atoms with Crippen LogP contribution >= 0.6 is 0 Å². The Hall–Kier alpha value is -1.39. The van der Waals surface area contributed by atoms with Crippen molar-refractivity contribution < 1.29 is 9.53 Å². The first-order chi connectivity index (χ1) is 9.63. The number of carbonyl (C=O) groups is 1. The first kappa shape index (κ1) is 13.6. The SMILES string of the molecule is CC1CCC(CN2CCc3c(cccc3C(N)=O)C2)O1. The molecular formula is C16H22N2O2. The summed E-state index contributed by atoms with van der Waals surface area (Å²) in [5.74, 6) is -0.316. The number of hydrogen-bond donors (Lipinski definition) is 1. The highest BCUT2D eigenvalue weighted by molar-refractivity contribution is 5.94. The van der Waals surface area contributed by atoms with Crippen LogP contribution in [0.3, 0.4) is 0 Å². The van der Waals surface area contributed by atoms with Gasteiger partial charge in [0.25, 0.3) is 0 Å². The third kappa shape index (κ3) is 2.72. The topological polar surface area (TPSA) is 55.6 Å². The van der Waals surface area contributed by atoms with Gasteiger partial charge in [-0.3, -0.25) is 9.69 Å². The number of nitrogens with zero attached hydrogens (tertiary/aromatic N) is 1. The van der Waals surface area contributed by atoms with Gasteiger partial charge in [0, 0.05) is 25.2 Å². The molecule has 1 aromatic rings. The molecule has 0 saturated carbocycles. The normalized spacial score (nSPS) is 26.4. The van der Waals surface area contributed by atoms with Gasteiger partial charge in [0.1, 0.15) is 0 Å². The van der Waals surface area contributed by atoms with Gasteiger partial charge in [-0.2, -0.15) is 0 Å². The first-order valence-corrected chi connectivity index (χ1v) is 7.42. The van der Waals surface area contributed by atoms with Crippen LogP contribution in [0.1, 0.15) is 41.3 Å². The summed E-state index contributed by atoms with van der Waals surface area (Å²) in [5, 5.41) is 0. The van der Waals surface area contributed by atoms with Crippen molar-refractivity contribution >= 4 is 5.91 Å². The average molecular weight is 274 g/mol. The van der Waals surface area contributed by atoms with Crippen molar-refractivity contribution in [1.82, 2.24) is 4.90 Å². The predicted molar refractivity (Wildman–Crippen MR) is 77.5 cm³/mol. The molecule has 1 aromatic carbocycles. The lowest BCUT2D eigenvalue weighted by Crippen LogP contribution is -2.37. The molecule has 3 rings (SSSR count). The first-order valence-electron chi connectivity index (χ1n) is 7.42. The molecule has 0 bridgehead atoms. The highest BCUT2D eigenvalue weighted by Gasteiger charge is 2.26. The van der Waals surface area contributed by atoms with E-state index in [9.17, 15) is 4.79 Å². The van der Waals surface area contributed by atoms with Gasteiger partial charge in [-0.25, -0.2) is 0 Å². The Morgan fingerprint density at radius 1 is 1.45 bits per heavy atom. The van der Waals surface area contributed by atoms with Gasteiger partial charge in [-0.05, 0) is 43.4 Å². The number of fused-ring (bicyclic) bond motifs is 1. The zero-order valence-corrected chi connectivity index (χ0v) is 12.0. The van der Waals surface area contributed by atoms with E-state index in [2.05, 4.69) is 17.9 Å². The van der Waals surface area contributed by atoms with Gasteiger partial charge < -0.3 is 10.5 Å². The Morgan fingerprint density at radius 2 is 2.30 bits per heavy atom. The summed E-state index contributed by atoms with van der Waals surface area (Å²) in [5.41, 5.74) is 8.51. The standard InChI is InChI=1S/C16H22N2O2/c1-11-5-6-13(20-11)10-18-8-7-14-12(9-18)3-2-4-15(14)16(17)19/h2-4,11,13H,5-10H2,1H3,(H2,17,19). The predicted octanol–water partition coefficient (Wildman–Crippen LogP) is 1.71. The highest BCUT2D eigenvalue weighted by Crippen LogP contribution is 2.25. The van der Waals surface area contributed by atoms with E-state index in [1.807, 2.05) is 12.1 Å². The molecule has 2 N–H and O–H groups in total. The van der Waals surface area contributed by atoms with Crippen LogP contribution < -0.4 is 5.73 Å². The molecule has 20 heavy (non-hydrogen) atoms. The number of carbonyl (C=O) groups excluding carboxylic acids is 1. The minimum absolute atomic E-state index is 0.316. The average Bonchev–Trinajstić information content (AvgIpc) is 2.83. The minimum Gasteiger partial charge on any atom is -0.374 e. The quantitative estimate of drug-likeness (QED) is 0.913. The van der Waals surface area contributed by atoms with Crippen molar-refractivity contribution in [1.29, 1.82) is 0 Å². The zero-order chi connectivity index (χ0) is 14.1. The lowest BCUT2D eigenvalue weighted by molar-refractivity contribution is 0.0286. The summed E-state index contributed by atoms with van der Waals surface area (Å²) in [6.45, 7) is 5.01. The molecule has 4 nitrogen and oxygen atoms in total. The lowest BCUT2D eigenvalue weighted by Gasteiger charge is -2.31. The Bertz CT molecular complexity index is 515. The van der Waals surface area contributed by atoms with Crippen LogP contribution in [0.4, 0.5) is 0 Å². The Labute approximate surface area is 119 Å². The molecule has 2 heterocycles. The molecule has 4 heteroatoms. The van der Waals surface area contributed by atoms with Crippen molar-refractivity contribution in [3.63, 3.8) is 0 Å². The Kier molecular flexibility index (Phi) is 3.76. The molecule has 0 spiro atoms. The summed E-state index contributed by atoms with van der Waals surface area (Å²) < 4.78 is 5.90. The Morgan fingerprint density at radius 3 is 3.00 bits per heavy atom. The summed E-state index contributed by atoms with van der Waals surface area (Å²) in [7, 11) is 0. The van der Waals surface area contributed by atoms with Crippen LogP contribution in [0.5, 0.6) is 0 Å². The third-order valence-electron chi connectivity index (χ3n) is 4.39. The van der Waals surface area contributed by atoms with E-state index in [-0.39, 0.29) is 5.91 Å². The van der Waals surface area contributed by atoms with E-state index in [4.69, 9.17) is 10.5 Å². The molecule has 1 saturated heterocycles. The van der Waals surface area contributed by atoms with Gasteiger partial charge in [0.2, 0.25) is 5.91 Å². The lowest BCUT2D eigenvalue weighted by atomic mass is 9.94. The van der Waals surface area contributed by atoms with E-state index in [1.54, 1.807) is 0 Å². The molecular weight excluding hydrogens is 252 g/mol. The van der Waals surface area contributed by atoms with E-state index in [1.165, 1.54) is 12.0 Å². The van der Waals surface area contributed by atoms with Crippen LogP contribution in [-0.4, -0.2) is 36.1 Å². The van der Waals surface area contributed by atoms with E-state index in [0.717, 1.165) is 38.0 Å². The van der Waals surface area contributed by atoms with E-state index < -0.39 is 0 Å². The van der Waals surface area contributed by atoms with Gasteiger partial charge in [-0.1, -0.05) is 12.1 Å². The summed E-state index contributed by atoms with van der Waals surface area (Å²) in [4.78, 5) is 13.9. The summed E-state index contributed by atoms with van der Waals surface area (Å²) in [6, 6.07) is 5.86. The molecule has 2 aliphatic heterocycles.